The first-order valence-electron chi connectivity index (χ1n) is 10.7. The van der Waals surface area contributed by atoms with Gasteiger partial charge in [0, 0.05) is 10.9 Å². The highest BCUT2D eigenvalue weighted by Crippen LogP contribution is 2.35. The van der Waals surface area contributed by atoms with Gasteiger partial charge in [-0.2, -0.15) is 0 Å². The van der Waals surface area contributed by atoms with Gasteiger partial charge >= 0.3 is 0 Å². The summed E-state index contributed by atoms with van der Waals surface area (Å²) in [5.74, 6) is 2.23. The van der Waals surface area contributed by atoms with E-state index >= 15 is 0 Å². The van der Waals surface area contributed by atoms with Crippen LogP contribution in [-0.2, 0) is 16.2 Å². The number of allylic oxidation sites excluding steroid dienone is 1. The molecule has 0 saturated heterocycles. The lowest BCUT2D eigenvalue weighted by atomic mass is 9.75. The number of rotatable bonds is 4. The molecule has 0 aliphatic rings. The average Bonchev–Trinajstić information content (AvgIpc) is 2.63. The number of carbonyl (C=O) groups is 1. The highest BCUT2D eigenvalue weighted by atomic mass is 31.1. The van der Waals surface area contributed by atoms with Gasteiger partial charge in [0.1, 0.15) is 6.29 Å². The molecule has 0 unspecified atom stereocenters. The molecule has 0 fully saturated rings. The fraction of sp³-hybridized carbons (Fsp3) is 0.429. The third-order valence-corrected chi connectivity index (χ3v) is 6.30. The largest absolute Gasteiger partial charge is 0.298 e. The van der Waals surface area contributed by atoms with E-state index in [1.165, 1.54) is 30.2 Å². The van der Waals surface area contributed by atoms with Gasteiger partial charge in [0.25, 0.3) is 0 Å². The molecule has 2 aromatic rings. The van der Waals surface area contributed by atoms with Crippen LogP contribution in [0.25, 0.3) is 6.08 Å². The molecule has 1 nitrogen and oxygen atoms in total. The Morgan fingerprint density at radius 3 is 1.57 bits per heavy atom. The van der Waals surface area contributed by atoms with Crippen LogP contribution in [0.3, 0.4) is 0 Å². The first-order valence-corrected chi connectivity index (χ1v) is 11.7. The molecule has 2 aromatic carbocycles. The van der Waals surface area contributed by atoms with Crippen molar-refractivity contribution >= 4 is 31.7 Å². The number of aldehydes is 1. The fourth-order valence-electron chi connectivity index (χ4n) is 3.31. The van der Waals surface area contributed by atoms with E-state index in [2.05, 4.69) is 92.4 Å². The van der Waals surface area contributed by atoms with Crippen LogP contribution in [0.2, 0.25) is 0 Å². The first kappa shape index (κ1) is 24.3. The highest BCUT2D eigenvalue weighted by molar-refractivity contribution is 7.48. The van der Waals surface area contributed by atoms with Crippen molar-refractivity contribution < 1.29 is 4.79 Å². The Labute approximate surface area is 185 Å². The zero-order chi connectivity index (χ0) is 22.7. The quantitative estimate of drug-likeness (QED) is 0.370. The van der Waals surface area contributed by atoms with E-state index in [4.69, 9.17) is 0 Å². The van der Waals surface area contributed by atoms with Crippen molar-refractivity contribution in [2.45, 2.75) is 78.6 Å². The third-order valence-electron chi connectivity index (χ3n) is 5.24. The van der Waals surface area contributed by atoms with Crippen molar-refractivity contribution in [3.63, 3.8) is 0 Å². The van der Waals surface area contributed by atoms with Gasteiger partial charge in [-0.3, -0.25) is 4.79 Å². The molecule has 2 heteroatoms. The Balaban J connectivity index is 2.54. The zero-order valence-corrected chi connectivity index (χ0v) is 21.0. The van der Waals surface area contributed by atoms with Crippen molar-refractivity contribution in [2.75, 3.05) is 0 Å². The Hall–Kier alpha value is -1.98. The van der Waals surface area contributed by atoms with Crippen LogP contribution in [-0.4, -0.2) is 12.1 Å². The normalized spacial score (nSPS) is 13.4. The van der Waals surface area contributed by atoms with Crippen molar-refractivity contribution in [2.24, 2.45) is 0 Å². The first-order chi connectivity index (χ1) is 13.7. The van der Waals surface area contributed by atoms with Crippen LogP contribution in [0, 0.1) is 0 Å². The third kappa shape index (κ3) is 6.26. The van der Waals surface area contributed by atoms with Crippen molar-refractivity contribution in [1.82, 2.24) is 0 Å². The molecular formula is C28H37OP. The number of carbonyl (C=O) groups excluding carboxylic acids is 1. The average molecular weight is 421 g/mol. The second kappa shape index (κ2) is 9.03. The predicted molar refractivity (Wildman–Crippen MR) is 136 cm³/mol. The van der Waals surface area contributed by atoms with E-state index in [-0.39, 0.29) is 16.2 Å². The summed E-state index contributed by atoms with van der Waals surface area (Å²) in [7, 11) is 1.21. The van der Waals surface area contributed by atoms with E-state index < -0.39 is 0 Å². The standard InChI is InChI=1S/C28H37OP/c1-26(2,3)22-17-23(27(4,5)6)25(24(18-22)28(7,8)9)30-16-10-11-20-12-14-21(19-29)15-13-20/h10-19H,1-9H3/b11-10+. The molecular weight excluding hydrogens is 383 g/mol. The van der Waals surface area contributed by atoms with Gasteiger partial charge in [0.05, 0.1) is 0 Å². The Morgan fingerprint density at radius 2 is 1.17 bits per heavy atom. The van der Waals surface area contributed by atoms with E-state index in [0.29, 0.717) is 5.56 Å². The zero-order valence-electron chi connectivity index (χ0n) is 20.1. The Bertz CT molecular complexity index is 905. The van der Waals surface area contributed by atoms with Gasteiger partial charge in [-0.15, -0.1) is 0 Å². The molecule has 0 aromatic heterocycles. The fourth-order valence-corrected chi connectivity index (χ4v) is 4.71. The maximum Gasteiger partial charge on any atom is 0.150 e. The topological polar surface area (TPSA) is 17.1 Å². The van der Waals surface area contributed by atoms with Crippen molar-refractivity contribution in [1.29, 1.82) is 0 Å². The second-order valence-electron chi connectivity index (χ2n) is 11.1. The van der Waals surface area contributed by atoms with Crippen LogP contribution < -0.4 is 5.30 Å². The molecule has 0 radical (unpaired) electrons. The molecule has 30 heavy (non-hydrogen) atoms. The molecule has 2 rings (SSSR count). The van der Waals surface area contributed by atoms with Gasteiger partial charge in [-0.1, -0.05) is 119 Å². The summed E-state index contributed by atoms with van der Waals surface area (Å²) < 4.78 is 0. The minimum atomic E-state index is 0.0752. The summed E-state index contributed by atoms with van der Waals surface area (Å²) in [5, 5.41) is 1.42. The molecule has 0 aliphatic heterocycles. The molecule has 0 bridgehead atoms. The second-order valence-corrected chi connectivity index (χ2v) is 12.1. The molecule has 160 valence electrons. The maximum atomic E-state index is 10.8. The van der Waals surface area contributed by atoms with Crippen molar-refractivity contribution in [3.05, 3.63) is 70.3 Å². The lowest BCUT2D eigenvalue weighted by Crippen LogP contribution is -2.29. The lowest BCUT2D eigenvalue weighted by molar-refractivity contribution is 0.112. The summed E-state index contributed by atoms with van der Waals surface area (Å²) in [6, 6.07) is 12.5. The summed E-state index contributed by atoms with van der Waals surface area (Å²) in [4.78, 5) is 10.8. The number of hydrogen-bond acceptors (Lipinski definition) is 1. The molecule has 0 atom stereocenters. The summed E-state index contributed by atoms with van der Waals surface area (Å²) in [6.07, 6.45) is 5.09. The molecule has 0 saturated carbocycles. The monoisotopic (exact) mass is 420 g/mol. The molecule has 0 spiro atoms. The van der Waals surface area contributed by atoms with Crippen LogP contribution >= 0.6 is 8.20 Å². The van der Waals surface area contributed by atoms with Gasteiger partial charge < -0.3 is 0 Å². The van der Waals surface area contributed by atoms with E-state index in [1.807, 2.05) is 24.3 Å². The minimum Gasteiger partial charge on any atom is -0.298 e. The van der Waals surface area contributed by atoms with Gasteiger partial charge in [0.2, 0.25) is 0 Å². The van der Waals surface area contributed by atoms with Gasteiger partial charge in [0.15, 0.2) is 0 Å². The smallest absolute Gasteiger partial charge is 0.150 e. The molecule has 0 aliphatic carbocycles. The van der Waals surface area contributed by atoms with E-state index in [1.54, 1.807) is 0 Å². The Morgan fingerprint density at radius 1 is 0.700 bits per heavy atom. The highest BCUT2D eigenvalue weighted by Gasteiger charge is 2.28. The summed E-state index contributed by atoms with van der Waals surface area (Å²) in [6.45, 7) is 20.7. The van der Waals surface area contributed by atoms with Crippen LogP contribution in [0.4, 0.5) is 0 Å². The molecule has 0 heterocycles. The van der Waals surface area contributed by atoms with Gasteiger partial charge in [-0.05, 0) is 44.3 Å². The molecule has 0 N–H and O–H groups in total. The van der Waals surface area contributed by atoms with Crippen LogP contribution in [0.15, 0.2) is 42.5 Å². The van der Waals surface area contributed by atoms with Gasteiger partial charge in [-0.25, -0.2) is 0 Å². The van der Waals surface area contributed by atoms with Crippen LogP contribution in [0.5, 0.6) is 0 Å². The van der Waals surface area contributed by atoms with E-state index in [9.17, 15) is 4.79 Å². The van der Waals surface area contributed by atoms with Crippen LogP contribution in [0.1, 0.15) is 94.9 Å². The summed E-state index contributed by atoms with van der Waals surface area (Å²) in [5.41, 5.74) is 6.34. The minimum absolute atomic E-state index is 0.0752. The van der Waals surface area contributed by atoms with Crippen molar-refractivity contribution in [3.8, 4) is 0 Å². The maximum absolute atomic E-state index is 10.8. The lowest BCUT2D eigenvalue weighted by Gasteiger charge is -2.32. The molecule has 0 amide bonds. The number of benzene rings is 2. The Kier molecular flexibility index (Phi) is 7.31. The SMILES string of the molecule is CC(C)(C)c1cc(C(C)(C)C)c(P=C/C=C/c2ccc(C=O)cc2)c(C(C)(C)C)c1. The summed E-state index contributed by atoms with van der Waals surface area (Å²) >= 11 is 0. The number of hydrogen-bond donors (Lipinski definition) is 0. The predicted octanol–water partition coefficient (Wildman–Crippen LogP) is 7.48. The van der Waals surface area contributed by atoms with E-state index in [0.717, 1.165) is 11.8 Å².